The van der Waals surface area contributed by atoms with Gasteiger partial charge in [0.05, 0.1) is 20.5 Å². The minimum absolute atomic E-state index is 0.0343. The number of carbonyl (C=O) groups is 1. The van der Waals surface area contributed by atoms with E-state index in [-0.39, 0.29) is 17.3 Å². The molecule has 0 unspecified atom stereocenters. The number of esters is 1. The van der Waals surface area contributed by atoms with E-state index in [2.05, 4.69) is 43.8 Å². The Labute approximate surface area is 190 Å². The number of cyclic esters (lactones) is 1. The maximum Gasteiger partial charge on any atom is 0.363 e. The Morgan fingerprint density at radius 1 is 1.23 bits per heavy atom. The summed E-state index contributed by atoms with van der Waals surface area (Å²) < 4.78 is 12.5. The van der Waals surface area contributed by atoms with Gasteiger partial charge in [-0.1, -0.05) is 19.4 Å². The predicted octanol–water partition coefficient (Wildman–Crippen LogP) is 5.95. The summed E-state index contributed by atoms with van der Waals surface area (Å²) in [4.78, 5) is 27.2. The molecule has 7 nitrogen and oxygen atoms in total. The topological polar surface area (TPSA) is 91.0 Å². The number of rotatable bonds is 7. The minimum atomic E-state index is -0.622. The van der Waals surface area contributed by atoms with Crippen molar-refractivity contribution in [1.29, 1.82) is 0 Å². The molecule has 0 bridgehead atoms. The van der Waals surface area contributed by atoms with Gasteiger partial charge in [-0.05, 0) is 75.0 Å². The summed E-state index contributed by atoms with van der Waals surface area (Å²) in [6.45, 7) is 4.34. The number of nitro groups is 1. The predicted molar refractivity (Wildman–Crippen MR) is 121 cm³/mol. The van der Waals surface area contributed by atoms with Gasteiger partial charge < -0.3 is 9.47 Å². The van der Waals surface area contributed by atoms with E-state index < -0.39 is 10.9 Å². The average Bonchev–Trinajstić information content (AvgIpc) is 3.04. The Kier molecular flexibility index (Phi) is 7.04. The summed E-state index contributed by atoms with van der Waals surface area (Å²) in [5, 5.41) is 11.2. The van der Waals surface area contributed by atoms with Gasteiger partial charge >= 0.3 is 5.97 Å². The number of nitro benzene ring substituents is 1. The van der Waals surface area contributed by atoms with Crippen LogP contribution in [0.5, 0.6) is 5.75 Å². The number of hydrogen-bond donors (Lipinski definition) is 0. The molecule has 1 aliphatic rings. The van der Waals surface area contributed by atoms with E-state index in [1.54, 1.807) is 25.1 Å². The van der Waals surface area contributed by atoms with Gasteiger partial charge in [0.2, 0.25) is 5.90 Å². The first-order chi connectivity index (χ1) is 14.3. The molecule has 30 heavy (non-hydrogen) atoms. The maximum atomic E-state index is 12.3. The largest absolute Gasteiger partial charge is 0.491 e. The molecule has 9 heteroatoms. The first kappa shape index (κ1) is 22.2. The van der Waals surface area contributed by atoms with Gasteiger partial charge in [-0.3, -0.25) is 10.1 Å². The average molecular weight is 538 g/mol. The number of carbonyl (C=O) groups excluding carboxylic acids is 1. The van der Waals surface area contributed by atoms with Crippen molar-refractivity contribution in [2.24, 2.45) is 4.99 Å². The second-order valence-electron chi connectivity index (χ2n) is 6.61. The van der Waals surface area contributed by atoms with E-state index in [9.17, 15) is 14.9 Å². The fourth-order valence-corrected chi connectivity index (χ4v) is 4.20. The van der Waals surface area contributed by atoms with Crippen LogP contribution in [0.3, 0.4) is 0 Å². The number of hydrogen-bond acceptors (Lipinski definition) is 6. The Hall–Kier alpha value is -2.52. The zero-order valence-electron chi connectivity index (χ0n) is 16.3. The highest BCUT2D eigenvalue weighted by molar-refractivity contribution is 9.11. The molecule has 2 aromatic carbocycles. The van der Waals surface area contributed by atoms with Crippen LogP contribution in [-0.4, -0.2) is 23.4 Å². The maximum absolute atomic E-state index is 12.3. The van der Waals surface area contributed by atoms with Gasteiger partial charge in [0, 0.05) is 17.2 Å². The van der Waals surface area contributed by atoms with Crippen molar-refractivity contribution in [2.45, 2.75) is 26.7 Å². The fraction of sp³-hybridized carbons (Fsp3) is 0.238. The van der Waals surface area contributed by atoms with Crippen LogP contribution in [0.15, 0.2) is 50.0 Å². The number of halogens is 2. The summed E-state index contributed by atoms with van der Waals surface area (Å²) in [5.41, 5.74) is 1.64. The Morgan fingerprint density at radius 3 is 2.57 bits per heavy atom. The summed E-state index contributed by atoms with van der Waals surface area (Å²) in [6, 6.07) is 8.21. The molecule has 1 heterocycles. The Bertz CT molecular complexity index is 1060. The molecular formula is C21H18Br2N2O5. The molecule has 2 aromatic rings. The van der Waals surface area contributed by atoms with Crippen LogP contribution in [0, 0.1) is 17.0 Å². The van der Waals surface area contributed by atoms with Gasteiger partial charge in [0.15, 0.2) is 5.70 Å². The van der Waals surface area contributed by atoms with E-state index in [0.29, 0.717) is 29.0 Å². The van der Waals surface area contributed by atoms with Crippen LogP contribution in [-0.2, 0) is 9.53 Å². The zero-order chi connectivity index (χ0) is 21.8. The van der Waals surface area contributed by atoms with E-state index in [0.717, 1.165) is 21.8 Å². The SMILES string of the molecule is CCCCOc1c(Br)cc(/C=C2\N=C(c3ccc(C)c([N+](=O)[O-])c3)OC2=O)cc1Br. The van der Waals surface area contributed by atoms with Crippen LogP contribution in [0.25, 0.3) is 6.08 Å². The number of nitrogens with zero attached hydrogens (tertiary/aromatic N) is 2. The monoisotopic (exact) mass is 536 g/mol. The number of ether oxygens (including phenoxy) is 2. The van der Waals surface area contributed by atoms with Gasteiger partial charge in [0.1, 0.15) is 5.75 Å². The van der Waals surface area contributed by atoms with Gasteiger partial charge in [-0.15, -0.1) is 0 Å². The number of aryl methyl sites for hydroxylation is 1. The lowest BCUT2D eigenvalue weighted by Gasteiger charge is -2.11. The fourth-order valence-electron chi connectivity index (χ4n) is 2.75. The normalized spacial score (nSPS) is 14.6. The van der Waals surface area contributed by atoms with Crippen molar-refractivity contribution in [2.75, 3.05) is 6.61 Å². The van der Waals surface area contributed by atoms with E-state index in [4.69, 9.17) is 9.47 Å². The second-order valence-corrected chi connectivity index (χ2v) is 8.32. The number of unbranched alkanes of at least 4 members (excludes halogenated alkanes) is 1. The smallest absolute Gasteiger partial charge is 0.363 e. The lowest BCUT2D eigenvalue weighted by molar-refractivity contribution is -0.385. The summed E-state index contributed by atoms with van der Waals surface area (Å²) in [5.74, 6) is 0.103. The van der Waals surface area contributed by atoms with E-state index in [1.807, 2.05) is 12.1 Å². The van der Waals surface area contributed by atoms with Crippen molar-refractivity contribution in [3.8, 4) is 5.75 Å². The number of aliphatic imine (C=N–C) groups is 1. The lowest BCUT2D eigenvalue weighted by Crippen LogP contribution is -2.06. The van der Waals surface area contributed by atoms with Gasteiger partial charge in [-0.25, -0.2) is 9.79 Å². The highest BCUT2D eigenvalue weighted by Crippen LogP contribution is 2.36. The quantitative estimate of drug-likeness (QED) is 0.143. The molecular weight excluding hydrogens is 520 g/mol. The van der Waals surface area contributed by atoms with Crippen LogP contribution >= 0.6 is 31.9 Å². The third-order valence-electron chi connectivity index (χ3n) is 4.34. The molecule has 1 aliphatic heterocycles. The van der Waals surface area contributed by atoms with Crippen molar-refractivity contribution in [3.63, 3.8) is 0 Å². The summed E-state index contributed by atoms with van der Waals surface area (Å²) in [6.07, 6.45) is 3.57. The van der Waals surface area contributed by atoms with E-state index >= 15 is 0 Å². The molecule has 0 saturated carbocycles. The molecule has 0 radical (unpaired) electrons. The molecule has 0 spiro atoms. The van der Waals surface area contributed by atoms with Crippen LogP contribution in [0.1, 0.15) is 36.5 Å². The highest BCUT2D eigenvalue weighted by Gasteiger charge is 2.26. The molecule has 0 aromatic heterocycles. The van der Waals surface area contributed by atoms with Crippen molar-refractivity contribution in [1.82, 2.24) is 0 Å². The molecule has 0 amide bonds. The molecule has 0 atom stereocenters. The third-order valence-corrected chi connectivity index (χ3v) is 5.52. The highest BCUT2D eigenvalue weighted by atomic mass is 79.9. The van der Waals surface area contributed by atoms with Crippen molar-refractivity contribution < 1.29 is 19.2 Å². The van der Waals surface area contributed by atoms with Crippen LogP contribution < -0.4 is 4.74 Å². The van der Waals surface area contributed by atoms with Crippen molar-refractivity contribution in [3.05, 3.63) is 71.8 Å². The molecule has 156 valence electrons. The lowest BCUT2D eigenvalue weighted by atomic mass is 10.1. The minimum Gasteiger partial charge on any atom is -0.491 e. The van der Waals surface area contributed by atoms with Crippen molar-refractivity contribution >= 4 is 55.5 Å². The van der Waals surface area contributed by atoms with Gasteiger partial charge in [-0.2, -0.15) is 0 Å². The van der Waals surface area contributed by atoms with Gasteiger partial charge in [0.25, 0.3) is 5.69 Å². The molecule has 3 rings (SSSR count). The molecule has 0 saturated heterocycles. The molecule has 0 aliphatic carbocycles. The zero-order valence-corrected chi connectivity index (χ0v) is 19.4. The van der Waals surface area contributed by atoms with E-state index in [1.165, 1.54) is 6.07 Å². The Balaban J connectivity index is 1.89. The standard InChI is InChI=1S/C21H18Br2N2O5/c1-3-4-7-29-19-15(22)8-13(9-16(19)23)10-17-21(26)30-20(24-17)14-6-5-12(2)18(11-14)25(27)28/h5-6,8-11H,3-4,7H2,1-2H3/b17-10-. The van der Waals surface area contributed by atoms with Crippen LogP contribution in [0.2, 0.25) is 0 Å². The summed E-state index contributed by atoms with van der Waals surface area (Å²) in [7, 11) is 0. The molecule has 0 N–H and O–H groups in total. The third kappa shape index (κ3) is 4.96. The number of benzene rings is 2. The second kappa shape index (κ2) is 9.53. The summed E-state index contributed by atoms with van der Waals surface area (Å²) >= 11 is 6.98. The first-order valence-electron chi connectivity index (χ1n) is 9.20. The molecule has 0 fully saturated rings. The first-order valence-corrected chi connectivity index (χ1v) is 10.8. The Morgan fingerprint density at radius 2 is 1.93 bits per heavy atom. The van der Waals surface area contributed by atoms with Crippen LogP contribution in [0.4, 0.5) is 5.69 Å².